The van der Waals surface area contributed by atoms with Crippen LogP contribution in [0.2, 0.25) is 0 Å². The monoisotopic (exact) mass is 268 g/mol. The first kappa shape index (κ1) is 13.4. The van der Waals surface area contributed by atoms with E-state index >= 15 is 0 Å². The second-order valence-electron chi connectivity index (χ2n) is 4.82. The maximum atomic E-state index is 11.9. The molecule has 0 spiro atoms. The lowest BCUT2D eigenvalue weighted by molar-refractivity contribution is 0.382. The largest absolute Gasteiger partial charge is 0.317 e. The summed E-state index contributed by atoms with van der Waals surface area (Å²) in [5.41, 5.74) is 0.763. The average molecular weight is 268 g/mol. The highest BCUT2D eigenvalue weighted by molar-refractivity contribution is 7.92. The van der Waals surface area contributed by atoms with E-state index in [1.807, 2.05) is 30.3 Å². The van der Waals surface area contributed by atoms with Gasteiger partial charge in [-0.15, -0.1) is 0 Å². The number of hydrogen-bond acceptors (Lipinski definition) is 3. The van der Waals surface area contributed by atoms with Crippen LogP contribution >= 0.6 is 0 Å². The predicted molar refractivity (Wildman–Crippen MR) is 74.2 cm³/mol. The fourth-order valence-corrected chi connectivity index (χ4v) is 3.31. The molecular weight excluding hydrogens is 248 g/mol. The molecule has 1 aliphatic rings. The number of piperidine rings is 1. The fourth-order valence-electron chi connectivity index (χ4n) is 2.33. The molecule has 0 amide bonds. The number of nitrogens with zero attached hydrogens (tertiary/aromatic N) is 1. The third kappa shape index (κ3) is 3.46. The molecule has 1 N–H and O–H groups in total. The number of rotatable bonds is 4. The highest BCUT2D eigenvalue weighted by atomic mass is 32.2. The summed E-state index contributed by atoms with van der Waals surface area (Å²) in [6.45, 7) is 2.55. The van der Waals surface area contributed by atoms with Crippen LogP contribution in [0.25, 0.3) is 0 Å². The summed E-state index contributed by atoms with van der Waals surface area (Å²) in [6.07, 6.45) is 3.36. The van der Waals surface area contributed by atoms with E-state index < -0.39 is 10.0 Å². The van der Waals surface area contributed by atoms with E-state index in [2.05, 4.69) is 5.32 Å². The summed E-state index contributed by atoms with van der Waals surface area (Å²) in [7, 11) is -3.20. The molecule has 100 valence electrons. The molecule has 0 aromatic heterocycles. The van der Waals surface area contributed by atoms with Gasteiger partial charge in [0.15, 0.2) is 0 Å². The zero-order chi connectivity index (χ0) is 13.0. The number of anilines is 1. The van der Waals surface area contributed by atoms with Gasteiger partial charge in [-0.1, -0.05) is 18.2 Å². The van der Waals surface area contributed by atoms with Crippen LogP contribution in [0.5, 0.6) is 0 Å². The predicted octanol–water partition coefficient (Wildman–Crippen LogP) is 1.45. The van der Waals surface area contributed by atoms with E-state index in [1.54, 1.807) is 0 Å². The van der Waals surface area contributed by atoms with E-state index in [-0.39, 0.29) is 0 Å². The zero-order valence-electron chi connectivity index (χ0n) is 10.7. The lowest BCUT2D eigenvalue weighted by Crippen LogP contribution is -2.39. The van der Waals surface area contributed by atoms with Crippen LogP contribution in [0.15, 0.2) is 30.3 Å². The smallest absolute Gasteiger partial charge is 0.232 e. The fraction of sp³-hybridized carbons (Fsp3) is 0.538. The summed E-state index contributed by atoms with van der Waals surface area (Å²) in [6, 6.07) is 9.34. The second kappa shape index (κ2) is 5.71. The molecule has 1 fully saturated rings. The van der Waals surface area contributed by atoms with Crippen molar-refractivity contribution in [1.29, 1.82) is 0 Å². The van der Waals surface area contributed by atoms with Gasteiger partial charge >= 0.3 is 0 Å². The van der Waals surface area contributed by atoms with Gasteiger partial charge in [-0.05, 0) is 44.0 Å². The highest BCUT2D eigenvalue weighted by Crippen LogP contribution is 2.21. The second-order valence-corrected chi connectivity index (χ2v) is 6.73. The summed E-state index contributed by atoms with van der Waals surface area (Å²) >= 11 is 0. The third-order valence-corrected chi connectivity index (χ3v) is 4.49. The van der Waals surface area contributed by atoms with Crippen molar-refractivity contribution >= 4 is 15.7 Å². The SMILES string of the molecule is CS(=O)(=O)N(CC1CCNCC1)c1ccccc1. The molecule has 0 radical (unpaired) electrons. The Labute approximate surface area is 109 Å². The minimum Gasteiger partial charge on any atom is -0.317 e. The third-order valence-electron chi connectivity index (χ3n) is 3.33. The molecule has 1 heterocycles. The van der Waals surface area contributed by atoms with E-state index in [4.69, 9.17) is 0 Å². The number of hydrogen-bond donors (Lipinski definition) is 1. The highest BCUT2D eigenvalue weighted by Gasteiger charge is 2.23. The van der Waals surface area contributed by atoms with Crippen molar-refractivity contribution in [2.45, 2.75) is 12.8 Å². The molecular formula is C13H20N2O2S. The van der Waals surface area contributed by atoms with Crippen LogP contribution in [0.3, 0.4) is 0 Å². The van der Waals surface area contributed by atoms with E-state index in [0.29, 0.717) is 12.5 Å². The van der Waals surface area contributed by atoms with E-state index in [0.717, 1.165) is 31.6 Å². The van der Waals surface area contributed by atoms with Gasteiger partial charge in [0, 0.05) is 6.54 Å². The quantitative estimate of drug-likeness (QED) is 0.899. The summed E-state index contributed by atoms with van der Waals surface area (Å²) in [4.78, 5) is 0. The van der Waals surface area contributed by atoms with Crippen molar-refractivity contribution in [2.24, 2.45) is 5.92 Å². The van der Waals surface area contributed by atoms with Crippen molar-refractivity contribution in [1.82, 2.24) is 5.32 Å². The van der Waals surface area contributed by atoms with Gasteiger partial charge in [0.05, 0.1) is 11.9 Å². The van der Waals surface area contributed by atoms with Gasteiger partial charge in [-0.2, -0.15) is 0 Å². The first-order valence-electron chi connectivity index (χ1n) is 6.31. The van der Waals surface area contributed by atoms with Crippen LogP contribution < -0.4 is 9.62 Å². The summed E-state index contributed by atoms with van der Waals surface area (Å²) < 4.78 is 25.4. The molecule has 0 bridgehead atoms. The lowest BCUT2D eigenvalue weighted by atomic mass is 9.98. The van der Waals surface area contributed by atoms with Crippen LogP contribution in [0.4, 0.5) is 5.69 Å². The lowest BCUT2D eigenvalue weighted by Gasteiger charge is -2.30. The van der Waals surface area contributed by atoms with Crippen LogP contribution in [-0.2, 0) is 10.0 Å². The van der Waals surface area contributed by atoms with Gasteiger partial charge < -0.3 is 5.32 Å². The molecule has 0 unspecified atom stereocenters. The normalized spacial score (nSPS) is 17.6. The summed E-state index contributed by atoms with van der Waals surface area (Å²) in [5, 5.41) is 3.30. The van der Waals surface area contributed by atoms with Crippen LogP contribution in [0.1, 0.15) is 12.8 Å². The van der Waals surface area contributed by atoms with Crippen LogP contribution in [-0.4, -0.2) is 34.3 Å². The standard InChI is InChI=1S/C13H20N2O2S/c1-18(16,17)15(13-5-3-2-4-6-13)11-12-7-9-14-10-8-12/h2-6,12,14H,7-11H2,1H3. The molecule has 0 aliphatic carbocycles. The Morgan fingerprint density at radius 3 is 2.39 bits per heavy atom. The number of sulfonamides is 1. The van der Waals surface area contributed by atoms with Gasteiger partial charge in [0.25, 0.3) is 0 Å². The number of benzene rings is 1. The number of nitrogens with one attached hydrogen (secondary N) is 1. The molecule has 1 aromatic rings. The molecule has 0 saturated carbocycles. The van der Waals surface area contributed by atoms with Crippen LogP contribution in [0, 0.1) is 5.92 Å². The molecule has 18 heavy (non-hydrogen) atoms. The minimum absolute atomic E-state index is 0.446. The molecule has 4 nitrogen and oxygen atoms in total. The molecule has 5 heteroatoms. The van der Waals surface area contributed by atoms with Crippen molar-refractivity contribution in [3.05, 3.63) is 30.3 Å². The van der Waals surface area contributed by atoms with Gasteiger partial charge in [-0.25, -0.2) is 8.42 Å². The Hall–Kier alpha value is -1.07. The topological polar surface area (TPSA) is 49.4 Å². The molecule has 0 atom stereocenters. The van der Waals surface area contributed by atoms with Crippen molar-refractivity contribution in [3.63, 3.8) is 0 Å². The minimum atomic E-state index is -3.20. The maximum absolute atomic E-state index is 11.9. The Morgan fingerprint density at radius 2 is 1.83 bits per heavy atom. The van der Waals surface area contributed by atoms with Gasteiger partial charge in [0.2, 0.25) is 10.0 Å². The Morgan fingerprint density at radius 1 is 1.22 bits per heavy atom. The number of para-hydroxylation sites is 1. The molecule has 2 rings (SSSR count). The van der Waals surface area contributed by atoms with E-state index in [1.165, 1.54) is 10.6 Å². The zero-order valence-corrected chi connectivity index (χ0v) is 11.5. The Kier molecular flexibility index (Phi) is 4.24. The molecule has 1 aliphatic heterocycles. The Bertz CT molecular complexity index is 467. The van der Waals surface area contributed by atoms with E-state index in [9.17, 15) is 8.42 Å². The average Bonchev–Trinajstić information content (AvgIpc) is 2.37. The van der Waals surface area contributed by atoms with Gasteiger partial charge in [-0.3, -0.25) is 4.31 Å². The summed E-state index contributed by atoms with van der Waals surface area (Å²) in [5.74, 6) is 0.446. The first-order valence-corrected chi connectivity index (χ1v) is 8.15. The maximum Gasteiger partial charge on any atom is 0.232 e. The van der Waals surface area contributed by atoms with Crippen molar-refractivity contribution in [3.8, 4) is 0 Å². The van der Waals surface area contributed by atoms with Crippen molar-refractivity contribution < 1.29 is 8.42 Å². The van der Waals surface area contributed by atoms with Crippen molar-refractivity contribution in [2.75, 3.05) is 30.2 Å². The Balaban J connectivity index is 2.16. The molecule has 1 saturated heterocycles. The van der Waals surface area contributed by atoms with Gasteiger partial charge in [0.1, 0.15) is 0 Å². The molecule has 1 aromatic carbocycles. The first-order chi connectivity index (χ1) is 8.57.